The van der Waals surface area contributed by atoms with Crippen molar-refractivity contribution < 1.29 is 14.3 Å². The summed E-state index contributed by atoms with van der Waals surface area (Å²) in [5.74, 6) is -0.0317. The van der Waals surface area contributed by atoms with Crippen LogP contribution in [0.2, 0.25) is 0 Å². The number of hydrogen-bond acceptors (Lipinski definition) is 8. The topological polar surface area (TPSA) is 125 Å². The Kier molecular flexibility index (Phi) is 6.87. The van der Waals surface area contributed by atoms with Gasteiger partial charge in [-0.1, -0.05) is 11.8 Å². The molecule has 3 N–H and O–H groups in total. The van der Waals surface area contributed by atoms with Crippen LogP contribution in [0.4, 0.5) is 5.00 Å². The molecule has 0 fully saturated rings. The quantitative estimate of drug-likeness (QED) is 0.459. The molecule has 168 valence electrons. The van der Waals surface area contributed by atoms with Crippen molar-refractivity contribution in [1.82, 2.24) is 19.7 Å². The molecule has 0 saturated heterocycles. The van der Waals surface area contributed by atoms with Crippen LogP contribution >= 0.6 is 23.1 Å². The van der Waals surface area contributed by atoms with Gasteiger partial charge in [-0.25, -0.2) is 0 Å². The van der Waals surface area contributed by atoms with Gasteiger partial charge in [-0.3, -0.25) is 19.1 Å². The maximum atomic E-state index is 13.0. The average Bonchev–Trinajstić information content (AvgIpc) is 3.47. The number of methoxy groups -OCH3 is 1. The molecule has 0 spiro atoms. The molecule has 0 unspecified atom stereocenters. The average molecular weight is 473 g/mol. The standard InChI is InChI=1S/C21H24N6O3S2/c1-12(19(29)24-20-16(17(22)28)14-4-3-5-15(14)32-20)31-21-26-25-18(27(21)10-11-30-2)13-6-8-23-9-7-13/h6-9,12H,3-5,10-11H2,1-2H3,(H2,22,28)(H,24,29)/t12-/m1/s1. The first kappa shape index (κ1) is 22.4. The summed E-state index contributed by atoms with van der Waals surface area (Å²) in [6.45, 7) is 2.82. The highest BCUT2D eigenvalue weighted by atomic mass is 32.2. The summed E-state index contributed by atoms with van der Waals surface area (Å²) in [5, 5.41) is 12.2. The first-order valence-electron chi connectivity index (χ1n) is 10.2. The maximum absolute atomic E-state index is 13.0. The van der Waals surface area contributed by atoms with Gasteiger partial charge in [0, 0.05) is 29.9 Å². The molecular weight excluding hydrogens is 448 g/mol. The van der Waals surface area contributed by atoms with E-state index < -0.39 is 11.2 Å². The van der Waals surface area contributed by atoms with Crippen LogP contribution in [0, 0.1) is 0 Å². The number of pyridine rings is 1. The highest BCUT2D eigenvalue weighted by Gasteiger charge is 2.28. The number of ether oxygens (including phenoxy) is 1. The number of carbonyl (C=O) groups excluding carboxylic acids is 2. The van der Waals surface area contributed by atoms with Crippen molar-refractivity contribution in [2.45, 2.75) is 43.1 Å². The van der Waals surface area contributed by atoms with Gasteiger partial charge in [0.2, 0.25) is 5.91 Å². The molecule has 1 aliphatic carbocycles. The number of fused-ring (bicyclic) bond motifs is 1. The van der Waals surface area contributed by atoms with E-state index in [1.807, 2.05) is 16.7 Å². The molecule has 11 heteroatoms. The Morgan fingerprint density at radius 3 is 2.81 bits per heavy atom. The fourth-order valence-electron chi connectivity index (χ4n) is 3.65. The van der Waals surface area contributed by atoms with Gasteiger partial charge in [-0.15, -0.1) is 21.5 Å². The lowest BCUT2D eigenvalue weighted by molar-refractivity contribution is -0.115. The first-order valence-corrected chi connectivity index (χ1v) is 11.9. The Labute approximate surface area is 193 Å². The van der Waals surface area contributed by atoms with Gasteiger partial charge in [-0.2, -0.15) is 0 Å². The summed E-state index contributed by atoms with van der Waals surface area (Å²) in [6.07, 6.45) is 6.15. The van der Waals surface area contributed by atoms with E-state index in [9.17, 15) is 9.59 Å². The number of thioether (sulfide) groups is 1. The summed E-state index contributed by atoms with van der Waals surface area (Å²) in [4.78, 5) is 30.1. The summed E-state index contributed by atoms with van der Waals surface area (Å²) < 4.78 is 7.17. The number of nitrogens with one attached hydrogen (secondary N) is 1. The lowest BCUT2D eigenvalue weighted by Gasteiger charge is -2.14. The summed E-state index contributed by atoms with van der Waals surface area (Å²) >= 11 is 2.75. The predicted molar refractivity (Wildman–Crippen MR) is 124 cm³/mol. The van der Waals surface area contributed by atoms with Crippen molar-refractivity contribution in [3.05, 3.63) is 40.5 Å². The number of aromatic nitrogens is 4. The number of amides is 2. The summed E-state index contributed by atoms with van der Waals surface area (Å²) in [7, 11) is 1.63. The van der Waals surface area contributed by atoms with E-state index in [1.165, 1.54) is 23.1 Å². The highest BCUT2D eigenvalue weighted by Crippen LogP contribution is 2.39. The number of primary amides is 1. The third kappa shape index (κ3) is 4.54. The molecule has 0 bridgehead atoms. The van der Waals surface area contributed by atoms with Crippen molar-refractivity contribution in [3.8, 4) is 11.4 Å². The van der Waals surface area contributed by atoms with Crippen LogP contribution in [0.3, 0.4) is 0 Å². The van der Waals surface area contributed by atoms with Crippen molar-refractivity contribution in [3.63, 3.8) is 0 Å². The molecule has 1 atom stereocenters. The van der Waals surface area contributed by atoms with Crippen molar-refractivity contribution >= 4 is 39.9 Å². The highest BCUT2D eigenvalue weighted by molar-refractivity contribution is 8.00. The van der Waals surface area contributed by atoms with Crippen LogP contribution in [0.15, 0.2) is 29.7 Å². The van der Waals surface area contributed by atoms with Crippen molar-refractivity contribution in [2.24, 2.45) is 5.73 Å². The van der Waals surface area contributed by atoms with Gasteiger partial charge in [-0.05, 0) is 43.9 Å². The Morgan fingerprint density at radius 1 is 1.31 bits per heavy atom. The van der Waals surface area contributed by atoms with Crippen LogP contribution in [0.1, 0.15) is 34.1 Å². The van der Waals surface area contributed by atoms with E-state index in [0.717, 1.165) is 35.3 Å². The molecule has 0 aromatic carbocycles. The molecule has 0 radical (unpaired) electrons. The van der Waals surface area contributed by atoms with Crippen LogP contribution in [0.5, 0.6) is 0 Å². The van der Waals surface area contributed by atoms with Crippen molar-refractivity contribution in [1.29, 1.82) is 0 Å². The van der Waals surface area contributed by atoms with Gasteiger partial charge < -0.3 is 15.8 Å². The van der Waals surface area contributed by atoms with E-state index in [2.05, 4.69) is 20.5 Å². The third-order valence-electron chi connectivity index (χ3n) is 5.23. The minimum atomic E-state index is -0.499. The van der Waals surface area contributed by atoms with E-state index in [1.54, 1.807) is 26.4 Å². The molecule has 0 saturated carbocycles. The lowest BCUT2D eigenvalue weighted by atomic mass is 10.1. The number of anilines is 1. The van der Waals surface area contributed by atoms with Crippen molar-refractivity contribution in [2.75, 3.05) is 19.0 Å². The zero-order valence-electron chi connectivity index (χ0n) is 17.8. The van der Waals surface area contributed by atoms with E-state index in [-0.39, 0.29) is 5.91 Å². The van der Waals surface area contributed by atoms with Gasteiger partial charge in [0.25, 0.3) is 5.91 Å². The summed E-state index contributed by atoms with van der Waals surface area (Å²) in [5.41, 5.74) is 7.93. The number of aryl methyl sites for hydroxylation is 1. The van der Waals surface area contributed by atoms with E-state index >= 15 is 0 Å². The first-order chi connectivity index (χ1) is 15.5. The van der Waals surface area contributed by atoms with Gasteiger partial charge in [0.15, 0.2) is 11.0 Å². The molecule has 3 aromatic rings. The minimum absolute atomic E-state index is 0.218. The number of nitrogens with zero attached hydrogens (tertiary/aromatic N) is 4. The zero-order chi connectivity index (χ0) is 22.7. The second kappa shape index (κ2) is 9.80. The number of nitrogens with two attached hydrogens (primary N) is 1. The zero-order valence-corrected chi connectivity index (χ0v) is 19.5. The Morgan fingerprint density at radius 2 is 2.09 bits per heavy atom. The third-order valence-corrected chi connectivity index (χ3v) is 7.52. The predicted octanol–water partition coefficient (Wildman–Crippen LogP) is 2.75. The molecule has 32 heavy (non-hydrogen) atoms. The molecule has 4 rings (SSSR count). The van der Waals surface area contributed by atoms with Crippen LogP contribution in [-0.4, -0.2) is 50.5 Å². The summed E-state index contributed by atoms with van der Waals surface area (Å²) in [6, 6.07) is 3.72. The maximum Gasteiger partial charge on any atom is 0.251 e. The number of hydrogen-bond donors (Lipinski definition) is 2. The Balaban J connectivity index is 1.53. The molecule has 3 aromatic heterocycles. The minimum Gasteiger partial charge on any atom is -0.383 e. The SMILES string of the molecule is COCCn1c(S[C@H](C)C(=O)Nc2sc3c(c2C(N)=O)CCC3)nnc1-c1ccncc1. The molecule has 3 heterocycles. The van der Waals surface area contributed by atoms with Crippen LogP contribution < -0.4 is 11.1 Å². The van der Waals surface area contributed by atoms with Crippen LogP contribution in [-0.2, 0) is 28.9 Å². The molecular formula is C21H24N6O3S2. The number of carbonyl (C=O) groups is 2. The smallest absolute Gasteiger partial charge is 0.251 e. The van der Waals surface area contributed by atoms with E-state index in [0.29, 0.717) is 34.7 Å². The fraction of sp³-hybridized carbons (Fsp3) is 0.381. The van der Waals surface area contributed by atoms with Gasteiger partial charge in [0.1, 0.15) is 5.00 Å². The Hall–Kier alpha value is -2.76. The van der Waals surface area contributed by atoms with Gasteiger partial charge >= 0.3 is 0 Å². The number of rotatable bonds is 9. The Bertz CT molecular complexity index is 1130. The molecule has 9 nitrogen and oxygen atoms in total. The molecule has 2 amide bonds. The normalized spacial score (nSPS) is 13.7. The second-order valence-corrected chi connectivity index (χ2v) is 9.77. The van der Waals surface area contributed by atoms with E-state index in [4.69, 9.17) is 10.5 Å². The number of thiophene rings is 1. The van der Waals surface area contributed by atoms with Gasteiger partial charge in [0.05, 0.1) is 24.0 Å². The fourth-order valence-corrected chi connectivity index (χ4v) is 5.83. The second-order valence-electron chi connectivity index (χ2n) is 7.36. The largest absolute Gasteiger partial charge is 0.383 e. The lowest BCUT2D eigenvalue weighted by Crippen LogP contribution is -2.24. The molecule has 1 aliphatic rings. The molecule has 0 aliphatic heterocycles. The monoisotopic (exact) mass is 472 g/mol. The van der Waals surface area contributed by atoms with Crippen LogP contribution in [0.25, 0.3) is 11.4 Å².